The normalized spacial score (nSPS) is 19.8. The summed E-state index contributed by atoms with van der Waals surface area (Å²) in [4.78, 5) is 14.6. The number of hydrogen-bond donors (Lipinski definition) is 1. The van der Waals surface area contributed by atoms with Crippen molar-refractivity contribution in [3.8, 4) is 0 Å². The van der Waals surface area contributed by atoms with Gasteiger partial charge in [0.15, 0.2) is 5.82 Å². The van der Waals surface area contributed by atoms with Gasteiger partial charge in [0.25, 0.3) is 0 Å². The van der Waals surface area contributed by atoms with Crippen LogP contribution in [-0.2, 0) is 11.3 Å². The van der Waals surface area contributed by atoms with Crippen molar-refractivity contribution in [3.05, 3.63) is 48.2 Å². The van der Waals surface area contributed by atoms with Crippen molar-refractivity contribution < 1.29 is 9.53 Å². The molecule has 25 heavy (non-hydrogen) atoms. The number of rotatable bonds is 6. The second-order valence-electron chi connectivity index (χ2n) is 6.93. The number of anilines is 1. The Balaban J connectivity index is 1.36. The first kappa shape index (κ1) is 16.1. The molecule has 2 aliphatic rings. The second kappa shape index (κ2) is 7.27. The average Bonchev–Trinajstić information content (AvgIpc) is 3.14. The monoisotopic (exact) mass is 340 g/mol. The highest BCUT2D eigenvalue weighted by atomic mass is 16.5. The zero-order chi connectivity index (χ0) is 17.1. The number of ether oxygens (including phenoxy) is 1. The molecule has 0 bridgehead atoms. The molecule has 6 heteroatoms. The zero-order valence-corrected chi connectivity index (χ0v) is 14.3. The van der Waals surface area contributed by atoms with Gasteiger partial charge in [0, 0.05) is 37.4 Å². The zero-order valence-electron chi connectivity index (χ0n) is 14.3. The van der Waals surface area contributed by atoms with Crippen LogP contribution in [0.2, 0.25) is 0 Å². The molecule has 4 rings (SSSR count). The van der Waals surface area contributed by atoms with E-state index in [9.17, 15) is 4.79 Å². The third-order valence-electron chi connectivity index (χ3n) is 4.79. The fraction of sp³-hybridized carbons (Fsp3) is 0.474. The average molecular weight is 340 g/mol. The lowest BCUT2D eigenvalue weighted by Gasteiger charge is -2.24. The molecule has 2 heterocycles. The summed E-state index contributed by atoms with van der Waals surface area (Å²) < 4.78 is 7.29. The van der Waals surface area contributed by atoms with E-state index in [-0.39, 0.29) is 6.03 Å². The number of aromatic nitrogens is 2. The van der Waals surface area contributed by atoms with Gasteiger partial charge in [-0.15, -0.1) is 0 Å². The molecule has 2 aromatic rings. The van der Waals surface area contributed by atoms with E-state index in [0.29, 0.717) is 24.3 Å². The van der Waals surface area contributed by atoms with Crippen LogP contribution in [0, 0.1) is 5.92 Å². The number of carbonyl (C=O) groups is 1. The molecule has 1 aromatic heterocycles. The fourth-order valence-electron chi connectivity index (χ4n) is 3.26. The highest BCUT2D eigenvalue weighted by Gasteiger charge is 2.35. The van der Waals surface area contributed by atoms with E-state index in [2.05, 4.69) is 22.5 Å². The Hall–Kier alpha value is -2.34. The van der Waals surface area contributed by atoms with Crippen LogP contribution in [0.3, 0.4) is 0 Å². The summed E-state index contributed by atoms with van der Waals surface area (Å²) in [6, 6.07) is 12.4. The van der Waals surface area contributed by atoms with Crippen LogP contribution < -0.4 is 5.32 Å². The molecule has 2 amide bonds. The van der Waals surface area contributed by atoms with Gasteiger partial charge < -0.3 is 9.64 Å². The highest BCUT2D eigenvalue weighted by molar-refractivity contribution is 5.88. The van der Waals surface area contributed by atoms with Crippen molar-refractivity contribution in [3.63, 3.8) is 0 Å². The van der Waals surface area contributed by atoms with Crippen molar-refractivity contribution in [2.24, 2.45) is 5.92 Å². The molecule has 1 aliphatic heterocycles. The molecule has 132 valence electrons. The van der Waals surface area contributed by atoms with Gasteiger partial charge in [-0.3, -0.25) is 10.00 Å². The minimum Gasteiger partial charge on any atom is -0.381 e. The van der Waals surface area contributed by atoms with E-state index in [1.807, 2.05) is 40.0 Å². The Labute approximate surface area is 147 Å². The van der Waals surface area contributed by atoms with Crippen LogP contribution in [-0.4, -0.2) is 46.5 Å². The maximum atomic E-state index is 12.7. The molecule has 1 saturated carbocycles. The van der Waals surface area contributed by atoms with Crippen LogP contribution in [0.4, 0.5) is 10.6 Å². The summed E-state index contributed by atoms with van der Waals surface area (Å²) in [6.45, 7) is 3.06. The summed E-state index contributed by atoms with van der Waals surface area (Å²) in [5, 5.41) is 7.43. The van der Waals surface area contributed by atoms with Gasteiger partial charge in [0.2, 0.25) is 0 Å². The van der Waals surface area contributed by atoms with Crippen LogP contribution in [0.5, 0.6) is 0 Å². The van der Waals surface area contributed by atoms with Crippen LogP contribution in [0.25, 0.3) is 0 Å². The van der Waals surface area contributed by atoms with Crippen molar-refractivity contribution in [1.29, 1.82) is 0 Å². The maximum Gasteiger partial charge on any atom is 0.323 e. The number of carbonyl (C=O) groups excluding carboxylic acids is 1. The Bertz CT molecular complexity index is 705. The van der Waals surface area contributed by atoms with Crippen LogP contribution in [0.15, 0.2) is 42.6 Å². The van der Waals surface area contributed by atoms with Gasteiger partial charge in [-0.25, -0.2) is 4.79 Å². The topological polar surface area (TPSA) is 59.4 Å². The predicted molar refractivity (Wildman–Crippen MR) is 95.4 cm³/mol. The lowest BCUT2D eigenvalue weighted by atomic mass is 10.1. The molecule has 1 aromatic carbocycles. The number of nitrogens with zero attached hydrogens (tertiary/aromatic N) is 3. The molecule has 0 radical (unpaired) electrons. The van der Waals surface area contributed by atoms with Gasteiger partial charge in [-0.1, -0.05) is 30.3 Å². The fourth-order valence-corrected chi connectivity index (χ4v) is 3.26. The van der Waals surface area contributed by atoms with E-state index < -0.39 is 0 Å². The Morgan fingerprint density at radius 3 is 2.80 bits per heavy atom. The lowest BCUT2D eigenvalue weighted by Crippen LogP contribution is -2.40. The van der Waals surface area contributed by atoms with Crippen LogP contribution in [0.1, 0.15) is 24.8 Å². The molecule has 1 atom stereocenters. The number of benzene rings is 1. The molecular weight excluding hydrogens is 316 g/mol. The van der Waals surface area contributed by atoms with Crippen molar-refractivity contribution in [2.45, 2.75) is 31.8 Å². The quantitative estimate of drug-likeness (QED) is 0.879. The number of nitrogens with one attached hydrogen (secondary N) is 1. The SMILES string of the molecule is O=C(Nc1ccn(Cc2ccccc2)n1)N(C[C@@H]1CCOC1)C1CC1. The van der Waals surface area contributed by atoms with Crippen molar-refractivity contribution in [1.82, 2.24) is 14.7 Å². The molecule has 2 fully saturated rings. The van der Waals surface area contributed by atoms with Gasteiger partial charge in [0.1, 0.15) is 0 Å². The summed E-state index contributed by atoms with van der Waals surface area (Å²) in [6.07, 6.45) is 5.14. The minimum absolute atomic E-state index is 0.0423. The molecule has 6 nitrogen and oxygen atoms in total. The predicted octanol–water partition coefficient (Wildman–Crippen LogP) is 2.96. The molecule has 1 saturated heterocycles. The van der Waals surface area contributed by atoms with E-state index >= 15 is 0 Å². The number of hydrogen-bond acceptors (Lipinski definition) is 3. The first-order valence-corrected chi connectivity index (χ1v) is 9.01. The van der Waals surface area contributed by atoms with Gasteiger partial charge in [0.05, 0.1) is 13.2 Å². The molecule has 0 spiro atoms. The molecule has 0 unspecified atom stereocenters. The summed E-state index contributed by atoms with van der Waals surface area (Å²) in [7, 11) is 0. The largest absolute Gasteiger partial charge is 0.381 e. The third-order valence-corrected chi connectivity index (χ3v) is 4.79. The summed E-state index contributed by atoms with van der Waals surface area (Å²) in [5.41, 5.74) is 1.18. The Morgan fingerprint density at radius 1 is 1.24 bits per heavy atom. The first-order chi connectivity index (χ1) is 12.3. The van der Waals surface area contributed by atoms with Gasteiger partial charge in [-0.2, -0.15) is 5.10 Å². The molecule has 1 aliphatic carbocycles. The van der Waals surface area contributed by atoms with E-state index in [4.69, 9.17) is 4.74 Å². The summed E-state index contributed by atoms with van der Waals surface area (Å²) in [5.74, 6) is 1.07. The smallest absolute Gasteiger partial charge is 0.323 e. The maximum absolute atomic E-state index is 12.7. The number of urea groups is 1. The minimum atomic E-state index is -0.0423. The van der Waals surface area contributed by atoms with E-state index in [1.54, 1.807) is 0 Å². The lowest BCUT2D eigenvalue weighted by molar-refractivity contribution is 0.167. The molecular formula is C19H24N4O2. The standard InChI is InChI=1S/C19H24N4O2/c24-19(23(17-6-7-17)13-16-9-11-25-14-16)20-18-8-10-22(21-18)12-15-4-2-1-3-5-15/h1-5,8,10,16-17H,6-7,9,11-14H2,(H,20,21,24)/t16-/m0/s1. The Morgan fingerprint density at radius 2 is 2.08 bits per heavy atom. The second-order valence-corrected chi connectivity index (χ2v) is 6.93. The highest BCUT2D eigenvalue weighted by Crippen LogP contribution is 2.29. The molecule has 1 N–H and O–H groups in total. The van der Waals surface area contributed by atoms with Gasteiger partial charge >= 0.3 is 6.03 Å². The van der Waals surface area contributed by atoms with E-state index in [1.165, 1.54) is 5.56 Å². The van der Waals surface area contributed by atoms with Crippen LogP contribution >= 0.6 is 0 Å². The van der Waals surface area contributed by atoms with Gasteiger partial charge in [-0.05, 0) is 24.8 Å². The third kappa shape index (κ3) is 4.20. The Kier molecular flexibility index (Phi) is 4.70. The summed E-state index contributed by atoms with van der Waals surface area (Å²) >= 11 is 0. The van der Waals surface area contributed by atoms with Crippen molar-refractivity contribution in [2.75, 3.05) is 25.1 Å². The first-order valence-electron chi connectivity index (χ1n) is 9.01. The number of amides is 2. The van der Waals surface area contributed by atoms with Crippen molar-refractivity contribution >= 4 is 11.8 Å². The van der Waals surface area contributed by atoms with E-state index in [0.717, 1.165) is 39.0 Å².